The van der Waals surface area contributed by atoms with Crippen molar-refractivity contribution in [2.75, 3.05) is 6.54 Å². The van der Waals surface area contributed by atoms with E-state index < -0.39 is 0 Å². The van der Waals surface area contributed by atoms with Crippen LogP contribution in [0.15, 0.2) is 48.5 Å². The van der Waals surface area contributed by atoms with E-state index in [0.29, 0.717) is 12.0 Å². The van der Waals surface area contributed by atoms with Crippen LogP contribution in [0, 0.1) is 5.82 Å². The summed E-state index contributed by atoms with van der Waals surface area (Å²) < 4.78 is 14.7. The molecule has 1 aliphatic rings. The first-order valence-corrected chi connectivity index (χ1v) is 8.86. The molecule has 1 fully saturated rings. The lowest BCUT2D eigenvalue weighted by Gasteiger charge is -2.17. The molecule has 136 valence electrons. The first kappa shape index (κ1) is 19.6. The minimum Gasteiger partial charge on any atom is -0.326 e. The molecule has 1 heterocycles. The van der Waals surface area contributed by atoms with Gasteiger partial charge < -0.3 is 16.8 Å². The van der Waals surface area contributed by atoms with Crippen LogP contribution in [0.25, 0.3) is 11.1 Å². The summed E-state index contributed by atoms with van der Waals surface area (Å²) in [6.45, 7) is 6.82. The van der Waals surface area contributed by atoms with E-state index >= 15 is 0 Å². The maximum atomic E-state index is 14.7. The van der Waals surface area contributed by atoms with E-state index in [0.717, 1.165) is 24.1 Å². The van der Waals surface area contributed by atoms with Crippen molar-refractivity contribution >= 4 is 0 Å². The molecule has 5 N–H and O–H groups in total. The number of nitrogens with one attached hydrogen (secondary N) is 1. The molecule has 0 amide bonds. The Morgan fingerprint density at radius 2 is 1.72 bits per heavy atom. The van der Waals surface area contributed by atoms with E-state index in [9.17, 15) is 4.39 Å². The van der Waals surface area contributed by atoms with Gasteiger partial charge in [0, 0.05) is 23.2 Å². The smallest absolute Gasteiger partial charge is 0.134 e. The third-order valence-electron chi connectivity index (χ3n) is 4.00. The molecule has 0 radical (unpaired) electrons. The lowest BCUT2D eigenvalue weighted by atomic mass is 9.96. The normalized spacial score (nSPS) is 20.1. The highest BCUT2D eigenvalue weighted by Crippen LogP contribution is 2.26. The molecule has 0 bridgehead atoms. The average Bonchev–Trinajstić information content (AvgIpc) is 2.94. The molecule has 2 aromatic rings. The summed E-state index contributed by atoms with van der Waals surface area (Å²) in [6.07, 6.45) is 1.61. The van der Waals surface area contributed by atoms with Crippen molar-refractivity contribution in [3.8, 4) is 11.1 Å². The van der Waals surface area contributed by atoms with Crippen molar-refractivity contribution in [1.82, 2.24) is 5.32 Å². The molecule has 3 nitrogen and oxygen atoms in total. The topological polar surface area (TPSA) is 64.1 Å². The van der Waals surface area contributed by atoms with Crippen molar-refractivity contribution in [3.05, 3.63) is 59.9 Å². The van der Waals surface area contributed by atoms with Crippen molar-refractivity contribution in [2.45, 2.75) is 51.2 Å². The first-order valence-electron chi connectivity index (χ1n) is 8.86. The van der Waals surface area contributed by atoms with Crippen LogP contribution in [0.5, 0.6) is 0 Å². The Morgan fingerprint density at radius 3 is 2.28 bits per heavy atom. The van der Waals surface area contributed by atoms with Crippen molar-refractivity contribution in [1.29, 1.82) is 0 Å². The summed E-state index contributed by atoms with van der Waals surface area (Å²) in [5.74, 6) is -0.125. The molecule has 1 aliphatic heterocycles. The van der Waals surface area contributed by atoms with Gasteiger partial charge in [0.15, 0.2) is 0 Å². The summed E-state index contributed by atoms with van der Waals surface area (Å²) in [5.41, 5.74) is 13.7. The van der Waals surface area contributed by atoms with Crippen molar-refractivity contribution in [3.63, 3.8) is 0 Å². The fraction of sp³-hybridized carbons (Fsp3) is 0.429. The van der Waals surface area contributed by atoms with Crippen LogP contribution in [0.3, 0.4) is 0 Å². The number of rotatable bonds is 3. The number of hydrogen-bond acceptors (Lipinski definition) is 3. The third-order valence-corrected chi connectivity index (χ3v) is 4.00. The van der Waals surface area contributed by atoms with Crippen LogP contribution in [-0.4, -0.2) is 24.2 Å². The molecule has 0 aromatic heterocycles. The summed E-state index contributed by atoms with van der Waals surface area (Å²) in [7, 11) is 0. The van der Waals surface area contributed by atoms with Crippen molar-refractivity contribution < 1.29 is 4.39 Å². The predicted molar refractivity (Wildman–Crippen MR) is 104 cm³/mol. The predicted octanol–water partition coefficient (Wildman–Crippen LogP) is 3.47. The minimum absolute atomic E-state index is 0. The van der Waals surface area contributed by atoms with Crippen LogP contribution in [-0.2, 0) is 6.42 Å². The molecular weight excluding hydrogens is 313 g/mol. The Hall–Kier alpha value is -1.75. The van der Waals surface area contributed by atoms with Gasteiger partial charge in [0.2, 0.25) is 0 Å². The SMILES string of the molecule is CC(C)(C)N.NC1CCNC1Cc1cccc(-c2ccccc2)c1F. The monoisotopic (exact) mass is 343 g/mol. The van der Waals surface area contributed by atoms with Crippen LogP contribution >= 0.6 is 0 Å². The molecule has 2 aromatic carbocycles. The molecule has 0 aliphatic carbocycles. The number of benzene rings is 2. The minimum atomic E-state index is -0.125. The van der Waals surface area contributed by atoms with E-state index in [1.807, 2.05) is 69.3 Å². The Bertz CT molecular complexity index is 659. The second kappa shape index (κ2) is 8.56. The van der Waals surface area contributed by atoms with Gasteiger partial charge in [0.05, 0.1) is 0 Å². The average molecular weight is 343 g/mol. The Balaban J connectivity index is 0.000000399. The van der Waals surface area contributed by atoms with Crippen LogP contribution in [0.2, 0.25) is 0 Å². The fourth-order valence-electron chi connectivity index (χ4n) is 2.83. The molecular formula is C21H30FN3. The number of hydrogen-bond donors (Lipinski definition) is 3. The van der Waals surface area contributed by atoms with Crippen LogP contribution in [0.1, 0.15) is 32.8 Å². The van der Waals surface area contributed by atoms with Gasteiger partial charge in [-0.3, -0.25) is 0 Å². The maximum Gasteiger partial charge on any atom is 0.134 e. The Labute approximate surface area is 150 Å². The summed E-state index contributed by atoms with van der Waals surface area (Å²) in [5, 5.41) is 3.35. The number of halogens is 1. The van der Waals surface area contributed by atoms with E-state index in [1.165, 1.54) is 0 Å². The highest BCUT2D eigenvalue weighted by Gasteiger charge is 2.24. The summed E-state index contributed by atoms with van der Waals surface area (Å²) in [4.78, 5) is 0. The molecule has 4 heteroatoms. The highest BCUT2D eigenvalue weighted by molar-refractivity contribution is 5.65. The van der Waals surface area contributed by atoms with Crippen LogP contribution < -0.4 is 16.8 Å². The lowest BCUT2D eigenvalue weighted by Crippen LogP contribution is -2.38. The van der Waals surface area contributed by atoms with Gasteiger partial charge in [0.1, 0.15) is 5.82 Å². The summed E-state index contributed by atoms with van der Waals surface area (Å²) in [6, 6.07) is 15.6. The Kier molecular flexibility index (Phi) is 6.71. The number of nitrogens with two attached hydrogens (primary N) is 2. The second-order valence-corrected chi connectivity index (χ2v) is 7.73. The molecule has 25 heavy (non-hydrogen) atoms. The van der Waals surface area contributed by atoms with E-state index in [2.05, 4.69) is 5.32 Å². The second-order valence-electron chi connectivity index (χ2n) is 7.73. The molecule has 2 unspecified atom stereocenters. The molecule has 2 atom stereocenters. The van der Waals surface area contributed by atoms with Gasteiger partial charge in [-0.1, -0.05) is 48.5 Å². The fourth-order valence-corrected chi connectivity index (χ4v) is 2.83. The molecule has 0 spiro atoms. The zero-order valence-electron chi connectivity index (χ0n) is 15.4. The van der Waals surface area contributed by atoms with E-state index in [4.69, 9.17) is 11.5 Å². The zero-order valence-corrected chi connectivity index (χ0v) is 15.4. The van der Waals surface area contributed by atoms with Crippen molar-refractivity contribution in [2.24, 2.45) is 11.5 Å². The lowest BCUT2D eigenvalue weighted by molar-refractivity contribution is 0.521. The van der Waals surface area contributed by atoms with Gasteiger partial charge >= 0.3 is 0 Å². The maximum absolute atomic E-state index is 14.7. The quantitative estimate of drug-likeness (QED) is 0.799. The van der Waals surface area contributed by atoms with Gasteiger partial charge in [-0.2, -0.15) is 0 Å². The summed E-state index contributed by atoms with van der Waals surface area (Å²) >= 11 is 0. The third kappa shape index (κ3) is 6.24. The standard InChI is InChI=1S/C17H19FN2.C4H11N/c18-17-13(11-16-15(19)9-10-20-16)7-4-8-14(17)12-5-2-1-3-6-12;1-4(2,3)5/h1-8,15-16,20H,9-11,19H2;5H2,1-3H3. The highest BCUT2D eigenvalue weighted by atomic mass is 19.1. The van der Waals surface area contributed by atoms with Gasteiger partial charge in [-0.25, -0.2) is 4.39 Å². The van der Waals surface area contributed by atoms with E-state index in [-0.39, 0.29) is 23.4 Å². The van der Waals surface area contributed by atoms with Gasteiger partial charge in [-0.15, -0.1) is 0 Å². The molecule has 0 saturated carbocycles. The van der Waals surface area contributed by atoms with E-state index in [1.54, 1.807) is 0 Å². The van der Waals surface area contributed by atoms with Gasteiger partial charge in [-0.05, 0) is 51.3 Å². The zero-order chi connectivity index (χ0) is 18.4. The van der Waals surface area contributed by atoms with Crippen LogP contribution in [0.4, 0.5) is 4.39 Å². The van der Waals surface area contributed by atoms with Gasteiger partial charge in [0.25, 0.3) is 0 Å². The molecule has 1 saturated heterocycles. The Morgan fingerprint density at radius 1 is 1.08 bits per heavy atom. The molecule has 3 rings (SSSR count). The largest absolute Gasteiger partial charge is 0.326 e. The first-order chi connectivity index (χ1) is 11.8.